The maximum absolute atomic E-state index is 10.3. The fraction of sp³-hybridized carbons (Fsp3) is 0. The van der Waals surface area contributed by atoms with Crippen LogP contribution in [0.5, 0.6) is 5.75 Å². The number of hydrogen-bond acceptors (Lipinski definition) is 4. The third-order valence-electron chi connectivity index (χ3n) is 1.50. The van der Waals surface area contributed by atoms with Crippen molar-refractivity contribution in [2.75, 3.05) is 0 Å². The highest BCUT2D eigenvalue weighted by Gasteiger charge is 2.17. The van der Waals surface area contributed by atoms with E-state index in [4.69, 9.17) is 10.0 Å². The first-order valence-electron chi connectivity index (χ1n) is 3.30. The number of para-hydroxylation sites is 1. The number of rotatable bonds is 2. The van der Waals surface area contributed by atoms with Crippen molar-refractivity contribution in [2.24, 2.45) is 0 Å². The molecule has 0 bridgehead atoms. The van der Waals surface area contributed by atoms with Gasteiger partial charge >= 0.3 is 7.12 Å². The molecule has 0 saturated carbocycles. The monoisotopic (exact) mass is 166 g/mol. The summed E-state index contributed by atoms with van der Waals surface area (Å²) >= 11 is 0. The van der Waals surface area contributed by atoms with Crippen LogP contribution in [-0.4, -0.2) is 28.6 Å². The molecular weight excluding hydrogens is 159 g/mol. The molecule has 0 atom stereocenters. The molecule has 1 rings (SSSR count). The number of phenolic OH excluding ortho intramolecular Hbond substituents is 1. The molecule has 0 spiro atoms. The minimum Gasteiger partial charge on any atom is -0.508 e. The Morgan fingerprint density at radius 3 is 2.50 bits per heavy atom. The SMILES string of the molecule is O=Cc1cccc(B(O)O)c1O. The summed E-state index contributed by atoms with van der Waals surface area (Å²) in [4.78, 5) is 10.3. The predicted molar refractivity (Wildman–Crippen MR) is 43.3 cm³/mol. The van der Waals surface area contributed by atoms with Crippen LogP contribution in [0, 0.1) is 0 Å². The van der Waals surface area contributed by atoms with Gasteiger partial charge in [-0.3, -0.25) is 4.79 Å². The molecule has 0 aliphatic rings. The van der Waals surface area contributed by atoms with Crippen LogP contribution in [0.1, 0.15) is 10.4 Å². The molecule has 0 radical (unpaired) electrons. The number of hydrogen-bond donors (Lipinski definition) is 3. The Hall–Kier alpha value is -1.33. The molecule has 4 nitrogen and oxygen atoms in total. The summed E-state index contributed by atoms with van der Waals surface area (Å²) in [5.74, 6) is -0.387. The highest BCUT2D eigenvalue weighted by molar-refractivity contribution is 6.59. The van der Waals surface area contributed by atoms with E-state index in [1.807, 2.05) is 0 Å². The lowest BCUT2D eigenvalue weighted by molar-refractivity contribution is 0.112. The summed E-state index contributed by atoms with van der Waals surface area (Å²) in [6, 6.07) is 4.17. The van der Waals surface area contributed by atoms with Gasteiger partial charge in [0.1, 0.15) is 5.75 Å². The number of carbonyl (C=O) groups excluding carboxylic acids is 1. The molecule has 0 aliphatic heterocycles. The summed E-state index contributed by atoms with van der Waals surface area (Å²) in [5, 5.41) is 26.6. The van der Waals surface area contributed by atoms with Crippen LogP contribution in [0.2, 0.25) is 0 Å². The maximum atomic E-state index is 10.3. The van der Waals surface area contributed by atoms with Gasteiger partial charge in [-0.2, -0.15) is 0 Å². The lowest BCUT2D eigenvalue weighted by Gasteiger charge is -2.03. The van der Waals surface area contributed by atoms with Crippen molar-refractivity contribution in [3.63, 3.8) is 0 Å². The smallest absolute Gasteiger partial charge is 0.492 e. The third-order valence-corrected chi connectivity index (χ3v) is 1.50. The van der Waals surface area contributed by atoms with E-state index in [1.54, 1.807) is 0 Å². The zero-order valence-corrected chi connectivity index (χ0v) is 6.14. The molecule has 0 unspecified atom stereocenters. The zero-order chi connectivity index (χ0) is 9.14. The standard InChI is InChI=1S/C7H7BO4/c9-4-5-2-1-3-6(7(5)10)8(11)12/h1-4,10-12H. The predicted octanol–water partition coefficient (Wildman–Crippen LogP) is -1.12. The second kappa shape index (κ2) is 3.38. The van der Waals surface area contributed by atoms with Crippen LogP contribution in [0.4, 0.5) is 0 Å². The summed E-state index contributed by atoms with van der Waals surface area (Å²) in [7, 11) is -1.76. The van der Waals surface area contributed by atoms with Crippen molar-refractivity contribution >= 4 is 18.9 Å². The number of phenols is 1. The topological polar surface area (TPSA) is 77.8 Å². The first kappa shape index (κ1) is 8.77. The maximum Gasteiger partial charge on any atom is 0.492 e. The van der Waals surface area contributed by atoms with Crippen molar-refractivity contribution in [1.82, 2.24) is 0 Å². The molecular formula is C7H7BO4. The Morgan fingerprint density at radius 2 is 2.00 bits per heavy atom. The van der Waals surface area contributed by atoms with Crippen LogP contribution in [0.15, 0.2) is 18.2 Å². The van der Waals surface area contributed by atoms with E-state index in [9.17, 15) is 9.90 Å². The Bertz CT molecular complexity index is 297. The molecule has 5 heteroatoms. The fourth-order valence-corrected chi connectivity index (χ4v) is 0.883. The molecule has 1 aromatic rings. The van der Waals surface area contributed by atoms with Gasteiger partial charge in [0.05, 0.1) is 5.56 Å². The van der Waals surface area contributed by atoms with Crippen LogP contribution >= 0.6 is 0 Å². The van der Waals surface area contributed by atoms with Crippen molar-refractivity contribution in [3.05, 3.63) is 23.8 Å². The van der Waals surface area contributed by atoms with E-state index in [0.717, 1.165) is 0 Å². The van der Waals surface area contributed by atoms with Gasteiger partial charge < -0.3 is 15.2 Å². The van der Waals surface area contributed by atoms with Crippen molar-refractivity contribution in [1.29, 1.82) is 0 Å². The number of aromatic hydroxyl groups is 1. The molecule has 0 aliphatic carbocycles. The lowest BCUT2D eigenvalue weighted by Crippen LogP contribution is -2.30. The van der Waals surface area contributed by atoms with E-state index < -0.39 is 7.12 Å². The molecule has 0 heterocycles. The van der Waals surface area contributed by atoms with Crippen LogP contribution in [0.3, 0.4) is 0 Å². The molecule has 62 valence electrons. The van der Waals surface area contributed by atoms with E-state index in [1.165, 1.54) is 18.2 Å². The summed E-state index contributed by atoms with van der Waals surface area (Å²) in [5.41, 5.74) is -0.0276. The molecule has 0 saturated heterocycles. The van der Waals surface area contributed by atoms with Gasteiger partial charge in [-0.25, -0.2) is 0 Å². The van der Waals surface area contributed by atoms with Crippen LogP contribution in [0.25, 0.3) is 0 Å². The zero-order valence-electron chi connectivity index (χ0n) is 6.14. The second-order valence-corrected chi connectivity index (χ2v) is 2.28. The molecule has 0 amide bonds. The van der Waals surface area contributed by atoms with Crippen molar-refractivity contribution < 1.29 is 19.9 Å². The average Bonchev–Trinajstić information content (AvgIpc) is 2.04. The van der Waals surface area contributed by atoms with E-state index in [2.05, 4.69) is 0 Å². The van der Waals surface area contributed by atoms with E-state index >= 15 is 0 Å². The van der Waals surface area contributed by atoms with Gasteiger partial charge in [-0.05, 0) is 6.07 Å². The first-order valence-corrected chi connectivity index (χ1v) is 3.30. The number of carbonyl (C=O) groups is 1. The minimum atomic E-state index is -1.76. The van der Waals surface area contributed by atoms with Gasteiger partial charge in [-0.1, -0.05) is 12.1 Å². The fourth-order valence-electron chi connectivity index (χ4n) is 0.883. The Morgan fingerprint density at radius 1 is 1.33 bits per heavy atom. The molecule has 1 aromatic carbocycles. The summed E-state index contributed by atoms with van der Waals surface area (Å²) in [6.07, 6.45) is 0.446. The quantitative estimate of drug-likeness (QED) is 0.384. The number of benzene rings is 1. The van der Waals surface area contributed by atoms with Crippen LogP contribution in [-0.2, 0) is 0 Å². The number of aldehydes is 1. The minimum absolute atomic E-state index is 0.0422. The van der Waals surface area contributed by atoms with Gasteiger partial charge in [0.15, 0.2) is 6.29 Å². The van der Waals surface area contributed by atoms with E-state index in [-0.39, 0.29) is 16.8 Å². The molecule has 0 fully saturated rings. The lowest BCUT2D eigenvalue weighted by atomic mass is 9.79. The highest BCUT2D eigenvalue weighted by atomic mass is 16.4. The largest absolute Gasteiger partial charge is 0.508 e. The van der Waals surface area contributed by atoms with Crippen molar-refractivity contribution in [2.45, 2.75) is 0 Å². The van der Waals surface area contributed by atoms with E-state index in [0.29, 0.717) is 6.29 Å². The van der Waals surface area contributed by atoms with Gasteiger partial charge in [0.25, 0.3) is 0 Å². The molecule has 0 aromatic heterocycles. The van der Waals surface area contributed by atoms with Gasteiger partial charge in [-0.15, -0.1) is 0 Å². The summed E-state index contributed by atoms with van der Waals surface area (Å²) in [6.45, 7) is 0. The van der Waals surface area contributed by atoms with Gasteiger partial charge in [0.2, 0.25) is 0 Å². The van der Waals surface area contributed by atoms with Gasteiger partial charge in [0, 0.05) is 5.46 Å². The Labute approximate surface area is 69.2 Å². The Balaban J connectivity index is 3.22. The molecule has 3 N–H and O–H groups in total. The Kier molecular flexibility index (Phi) is 2.47. The summed E-state index contributed by atoms with van der Waals surface area (Å²) < 4.78 is 0. The van der Waals surface area contributed by atoms with Crippen molar-refractivity contribution in [3.8, 4) is 5.75 Å². The normalized spacial score (nSPS) is 9.50. The average molecular weight is 166 g/mol. The highest BCUT2D eigenvalue weighted by Crippen LogP contribution is 2.10. The van der Waals surface area contributed by atoms with Crippen LogP contribution < -0.4 is 5.46 Å². The molecule has 12 heavy (non-hydrogen) atoms. The first-order chi connectivity index (χ1) is 5.66. The third kappa shape index (κ3) is 1.47. The second-order valence-electron chi connectivity index (χ2n) is 2.28.